The molecule has 0 radical (unpaired) electrons. The van der Waals surface area contributed by atoms with E-state index in [1.54, 1.807) is 26.2 Å². The van der Waals surface area contributed by atoms with Gasteiger partial charge in [-0.05, 0) is 43.7 Å². The van der Waals surface area contributed by atoms with Crippen LogP contribution in [-0.4, -0.2) is 32.2 Å². The lowest BCUT2D eigenvalue weighted by atomic mass is 10.0. The maximum Gasteiger partial charge on any atom is 0.308 e. The molecule has 0 fully saturated rings. The summed E-state index contributed by atoms with van der Waals surface area (Å²) in [4.78, 5) is 24.2. The van der Waals surface area contributed by atoms with E-state index in [0.717, 1.165) is 11.1 Å². The second kappa shape index (κ2) is 10.2. The molecule has 144 valence electrons. The molecule has 0 aromatic heterocycles. The van der Waals surface area contributed by atoms with Crippen molar-refractivity contribution in [2.75, 3.05) is 20.3 Å². The Morgan fingerprint density at radius 2 is 1.63 bits per heavy atom. The molecule has 6 heteroatoms. The largest absolute Gasteiger partial charge is 0.497 e. The van der Waals surface area contributed by atoms with E-state index in [0.29, 0.717) is 18.1 Å². The Labute approximate surface area is 159 Å². The molecule has 0 aliphatic rings. The molecule has 6 nitrogen and oxygen atoms in total. The monoisotopic (exact) mass is 371 g/mol. The van der Waals surface area contributed by atoms with Crippen LogP contribution in [0.3, 0.4) is 0 Å². The van der Waals surface area contributed by atoms with Gasteiger partial charge < -0.3 is 19.5 Å². The number of aryl methyl sites for hydroxylation is 1. The first-order valence-corrected chi connectivity index (χ1v) is 8.80. The van der Waals surface area contributed by atoms with Gasteiger partial charge in [-0.2, -0.15) is 0 Å². The van der Waals surface area contributed by atoms with E-state index in [1.807, 2.05) is 43.3 Å². The quantitative estimate of drug-likeness (QED) is 0.685. The third-order valence-electron chi connectivity index (χ3n) is 3.92. The summed E-state index contributed by atoms with van der Waals surface area (Å²) in [7, 11) is 1.58. The van der Waals surface area contributed by atoms with Gasteiger partial charge >= 0.3 is 5.97 Å². The molecular formula is C21H25NO5. The number of esters is 1. The molecule has 0 aliphatic carbocycles. The zero-order valence-corrected chi connectivity index (χ0v) is 15.9. The SMILES string of the molecule is CCOC(=O)C[C@@H](NC(=O)COc1ccc(C)cc1)c1ccc(OC)cc1. The Balaban J connectivity index is 2.01. The molecule has 2 rings (SSSR count). The van der Waals surface area contributed by atoms with Crippen molar-refractivity contribution in [3.05, 3.63) is 59.7 Å². The van der Waals surface area contributed by atoms with Crippen LogP contribution < -0.4 is 14.8 Å². The summed E-state index contributed by atoms with van der Waals surface area (Å²) in [5.74, 6) is 0.614. The van der Waals surface area contributed by atoms with Crippen molar-refractivity contribution in [1.82, 2.24) is 5.32 Å². The number of nitrogens with one attached hydrogen (secondary N) is 1. The summed E-state index contributed by atoms with van der Waals surface area (Å²) in [5, 5.41) is 2.84. The predicted octanol–water partition coefficient (Wildman–Crippen LogP) is 3.19. The lowest BCUT2D eigenvalue weighted by Gasteiger charge is -2.19. The lowest BCUT2D eigenvalue weighted by molar-refractivity contribution is -0.143. The first-order chi connectivity index (χ1) is 13.0. The summed E-state index contributed by atoms with van der Waals surface area (Å²) < 4.78 is 15.7. The van der Waals surface area contributed by atoms with Gasteiger partial charge in [0.05, 0.1) is 26.2 Å². The highest BCUT2D eigenvalue weighted by molar-refractivity contribution is 5.79. The fourth-order valence-electron chi connectivity index (χ4n) is 2.49. The van der Waals surface area contributed by atoms with Crippen LogP contribution in [0.5, 0.6) is 11.5 Å². The second-order valence-electron chi connectivity index (χ2n) is 6.00. The molecule has 2 aromatic rings. The van der Waals surface area contributed by atoms with Crippen LogP contribution in [-0.2, 0) is 14.3 Å². The molecule has 2 aromatic carbocycles. The summed E-state index contributed by atoms with van der Waals surface area (Å²) in [5.41, 5.74) is 1.90. The highest BCUT2D eigenvalue weighted by Crippen LogP contribution is 2.21. The van der Waals surface area contributed by atoms with Crippen LogP contribution in [0.1, 0.15) is 30.5 Å². The maximum absolute atomic E-state index is 12.3. The van der Waals surface area contributed by atoms with Crippen LogP contribution in [0, 0.1) is 6.92 Å². The van der Waals surface area contributed by atoms with Crippen molar-refractivity contribution in [2.24, 2.45) is 0 Å². The summed E-state index contributed by atoms with van der Waals surface area (Å²) >= 11 is 0. The van der Waals surface area contributed by atoms with Gasteiger partial charge in [-0.3, -0.25) is 9.59 Å². The van der Waals surface area contributed by atoms with Gasteiger partial charge in [0.25, 0.3) is 5.91 Å². The third kappa shape index (κ3) is 6.66. The Morgan fingerprint density at radius 3 is 2.22 bits per heavy atom. The summed E-state index contributed by atoms with van der Waals surface area (Å²) in [6.45, 7) is 3.87. The van der Waals surface area contributed by atoms with Gasteiger partial charge in [-0.15, -0.1) is 0 Å². The molecule has 1 amide bonds. The Hall–Kier alpha value is -3.02. The number of ether oxygens (including phenoxy) is 3. The smallest absolute Gasteiger partial charge is 0.308 e. The van der Waals surface area contributed by atoms with Crippen molar-refractivity contribution in [1.29, 1.82) is 0 Å². The fraction of sp³-hybridized carbons (Fsp3) is 0.333. The van der Waals surface area contributed by atoms with Gasteiger partial charge in [0.15, 0.2) is 6.61 Å². The summed E-state index contributed by atoms with van der Waals surface area (Å²) in [6, 6.07) is 14.1. The molecule has 0 heterocycles. The Bertz CT molecular complexity index is 740. The average molecular weight is 371 g/mol. The number of methoxy groups -OCH3 is 1. The molecule has 0 bridgehead atoms. The third-order valence-corrected chi connectivity index (χ3v) is 3.92. The minimum atomic E-state index is -0.510. The standard InChI is InChI=1S/C21H25NO5/c1-4-26-21(24)13-19(16-7-11-17(25-3)12-8-16)22-20(23)14-27-18-9-5-15(2)6-10-18/h5-12,19H,4,13-14H2,1-3H3,(H,22,23)/t19-/m1/s1. The average Bonchev–Trinajstić information content (AvgIpc) is 2.67. The van der Waals surface area contributed by atoms with E-state index >= 15 is 0 Å². The first kappa shape index (κ1) is 20.3. The zero-order chi connectivity index (χ0) is 19.6. The van der Waals surface area contributed by atoms with Gasteiger partial charge in [-0.25, -0.2) is 0 Å². The van der Waals surface area contributed by atoms with E-state index in [1.165, 1.54) is 0 Å². The molecule has 27 heavy (non-hydrogen) atoms. The number of carbonyl (C=O) groups is 2. The van der Waals surface area contributed by atoms with E-state index in [-0.39, 0.29) is 24.9 Å². The summed E-state index contributed by atoms with van der Waals surface area (Å²) in [6.07, 6.45) is 0.0381. The molecule has 0 saturated carbocycles. The molecule has 1 N–H and O–H groups in total. The number of carbonyl (C=O) groups excluding carboxylic acids is 2. The van der Waals surface area contributed by atoms with E-state index in [4.69, 9.17) is 14.2 Å². The molecule has 0 saturated heterocycles. The number of hydrogen-bond acceptors (Lipinski definition) is 5. The fourth-order valence-corrected chi connectivity index (χ4v) is 2.49. The van der Waals surface area contributed by atoms with Gasteiger partial charge in [0.1, 0.15) is 11.5 Å². The highest BCUT2D eigenvalue weighted by atomic mass is 16.5. The van der Waals surface area contributed by atoms with Crippen molar-refractivity contribution in [2.45, 2.75) is 26.3 Å². The van der Waals surface area contributed by atoms with Crippen LogP contribution >= 0.6 is 0 Å². The Kier molecular flexibility index (Phi) is 7.67. The minimum absolute atomic E-state index is 0.0381. The van der Waals surface area contributed by atoms with Gasteiger partial charge in [0, 0.05) is 0 Å². The molecule has 0 unspecified atom stereocenters. The van der Waals surface area contributed by atoms with Crippen LogP contribution in [0.25, 0.3) is 0 Å². The van der Waals surface area contributed by atoms with Crippen molar-refractivity contribution >= 4 is 11.9 Å². The highest BCUT2D eigenvalue weighted by Gasteiger charge is 2.19. The maximum atomic E-state index is 12.3. The zero-order valence-electron chi connectivity index (χ0n) is 15.9. The van der Waals surface area contributed by atoms with Crippen LogP contribution in [0.15, 0.2) is 48.5 Å². The normalized spacial score (nSPS) is 11.4. The second-order valence-corrected chi connectivity index (χ2v) is 6.00. The number of hydrogen-bond donors (Lipinski definition) is 1. The van der Waals surface area contributed by atoms with Crippen LogP contribution in [0.4, 0.5) is 0 Å². The molecule has 0 spiro atoms. The van der Waals surface area contributed by atoms with E-state index in [2.05, 4.69) is 5.32 Å². The topological polar surface area (TPSA) is 73.9 Å². The van der Waals surface area contributed by atoms with Crippen molar-refractivity contribution < 1.29 is 23.8 Å². The number of benzene rings is 2. The minimum Gasteiger partial charge on any atom is -0.497 e. The van der Waals surface area contributed by atoms with Gasteiger partial charge in [-0.1, -0.05) is 29.8 Å². The van der Waals surface area contributed by atoms with E-state index < -0.39 is 6.04 Å². The molecular weight excluding hydrogens is 346 g/mol. The first-order valence-electron chi connectivity index (χ1n) is 8.80. The van der Waals surface area contributed by atoms with Crippen molar-refractivity contribution in [3.63, 3.8) is 0 Å². The number of rotatable bonds is 9. The Morgan fingerprint density at radius 1 is 1.00 bits per heavy atom. The number of amides is 1. The predicted molar refractivity (Wildman–Crippen MR) is 102 cm³/mol. The van der Waals surface area contributed by atoms with Crippen molar-refractivity contribution in [3.8, 4) is 11.5 Å². The lowest BCUT2D eigenvalue weighted by Crippen LogP contribution is -2.34. The molecule has 1 atom stereocenters. The van der Waals surface area contributed by atoms with Gasteiger partial charge in [0.2, 0.25) is 0 Å². The van der Waals surface area contributed by atoms with Crippen LogP contribution in [0.2, 0.25) is 0 Å². The van der Waals surface area contributed by atoms with E-state index in [9.17, 15) is 9.59 Å². The molecule has 0 aliphatic heterocycles.